The van der Waals surface area contributed by atoms with E-state index in [0.29, 0.717) is 12.1 Å². The van der Waals surface area contributed by atoms with Crippen LogP contribution in [0.3, 0.4) is 0 Å². The van der Waals surface area contributed by atoms with Crippen LogP contribution in [0.25, 0.3) is 0 Å². The van der Waals surface area contributed by atoms with E-state index >= 15 is 0 Å². The summed E-state index contributed by atoms with van der Waals surface area (Å²) in [7, 11) is 1.94. The Labute approximate surface area is 102 Å². The maximum absolute atomic E-state index is 12.7. The molecule has 0 N–H and O–H groups in total. The van der Waals surface area contributed by atoms with Crippen molar-refractivity contribution in [3.63, 3.8) is 0 Å². The molecule has 0 unspecified atom stereocenters. The van der Waals surface area contributed by atoms with Gasteiger partial charge in [-0.2, -0.15) is 0 Å². The fraction of sp³-hybridized carbons (Fsp3) is 0.500. The second-order valence-corrected chi connectivity index (χ2v) is 4.95. The van der Waals surface area contributed by atoms with Crippen LogP contribution < -0.4 is 0 Å². The van der Waals surface area contributed by atoms with E-state index in [2.05, 4.69) is 20.8 Å². The first-order valence-corrected chi connectivity index (χ1v) is 5.87. The first-order valence-electron chi connectivity index (χ1n) is 5.87. The van der Waals surface area contributed by atoms with Crippen LogP contribution in [0.15, 0.2) is 24.3 Å². The zero-order valence-corrected chi connectivity index (χ0v) is 11.0. The van der Waals surface area contributed by atoms with Crippen molar-refractivity contribution in [1.82, 2.24) is 4.90 Å². The summed E-state index contributed by atoms with van der Waals surface area (Å²) in [5.74, 6) is -0.294. The van der Waals surface area contributed by atoms with Gasteiger partial charge in [0.2, 0.25) is 0 Å². The van der Waals surface area contributed by atoms with Crippen LogP contribution >= 0.6 is 0 Å². The third-order valence-electron chi connectivity index (χ3n) is 3.45. The summed E-state index contributed by atoms with van der Waals surface area (Å²) < 4.78 is 12.7. The number of benzene rings is 1. The fourth-order valence-electron chi connectivity index (χ4n) is 1.43. The lowest BCUT2D eigenvalue weighted by molar-refractivity contribution is 0.0847. The molecule has 3 heteroatoms. The van der Waals surface area contributed by atoms with Gasteiger partial charge in [-0.05, 0) is 51.6 Å². The standard InChI is InChI=1S/C14H20FNO/c1-5-14(2,3)16(4)10-13(17)11-6-8-12(15)9-7-11/h6-9H,5,10H2,1-4H3. The predicted molar refractivity (Wildman–Crippen MR) is 67.7 cm³/mol. The number of carbonyl (C=O) groups excluding carboxylic acids is 1. The number of Topliss-reactive ketones (excluding diaryl/α,β-unsaturated/α-hetero) is 1. The van der Waals surface area contributed by atoms with Gasteiger partial charge >= 0.3 is 0 Å². The summed E-state index contributed by atoms with van der Waals surface area (Å²) in [5.41, 5.74) is 0.556. The molecule has 0 saturated carbocycles. The maximum Gasteiger partial charge on any atom is 0.176 e. The molecular formula is C14H20FNO. The molecular weight excluding hydrogens is 217 g/mol. The van der Waals surface area contributed by atoms with Crippen molar-refractivity contribution in [3.05, 3.63) is 35.6 Å². The lowest BCUT2D eigenvalue weighted by Crippen LogP contribution is -2.43. The largest absolute Gasteiger partial charge is 0.294 e. The number of nitrogens with zero attached hydrogens (tertiary/aromatic N) is 1. The Hall–Kier alpha value is -1.22. The molecule has 0 amide bonds. The Morgan fingerprint density at radius 2 is 1.82 bits per heavy atom. The molecule has 0 aliphatic rings. The monoisotopic (exact) mass is 237 g/mol. The summed E-state index contributed by atoms with van der Waals surface area (Å²) >= 11 is 0. The van der Waals surface area contributed by atoms with E-state index in [9.17, 15) is 9.18 Å². The topological polar surface area (TPSA) is 20.3 Å². The zero-order valence-electron chi connectivity index (χ0n) is 11.0. The molecule has 1 aromatic carbocycles. The molecule has 0 aliphatic heterocycles. The number of halogens is 1. The van der Waals surface area contributed by atoms with Gasteiger partial charge < -0.3 is 0 Å². The molecule has 0 aromatic heterocycles. The van der Waals surface area contributed by atoms with E-state index < -0.39 is 0 Å². The van der Waals surface area contributed by atoms with Gasteiger partial charge in [-0.15, -0.1) is 0 Å². The fourth-order valence-corrected chi connectivity index (χ4v) is 1.43. The van der Waals surface area contributed by atoms with Gasteiger partial charge in [0.25, 0.3) is 0 Å². The number of likely N-dealkylation sites (N-methyl/N-ethyl adjacent to an activating group) is 1. The van der Waals surface area contributed by atoms with Gasteiger partial charge in [0.1, 0.15) is 5.82 Å². The lowest BCUT2D eigenvalue weighted by Gasteiger charge is -2.34. The number of hydrogen-bond donors (Lipinski definition) is 0. The van der Waals surface area contributed by atoms with Crippen LogP contribution in [0, 0.1) is 5.82 Å². The van der Waals surface area contributed by atoms with Gasteiger partial charge in [0, 0.05) is 11.1 Å². The van der Waals surface area contributed by atoms with Gasteiger partial charge in [-0.3, -0.25) is 9.69 Å². The molecule has 0 atom stereocenters. The highest BCUT2D eigenvalue weighted by Gasteiger charge is 2.23. The van der Waals surface area contributed by atoms with Crippen LogP contribution in [-0.2, 0) is 0 Å². The van der Waals surface area contributed by atoms with Crippen molar-refractivity contribution >= 4 is 5.78 Å². The molecule has 94 valence electrons. The Kier molecular flexibility index (Phi) is 4.40. The summed E-state index contributed by atoms with van der Waals surface area (Å²) in [5, 5.41) is 0. The minimum atomic E-state index is -0.316. The van der Waals surface area contributed by atoms with E-state index in [-0.39, 0.29) is 17.1 Å². The molecule has 1 aromatic rings. The van der Waals surface area contributed by atoms with Gasteiger partial charge in [0.15, 0.2) is 5.78 Å². The van der Waals surface area contributed by atoms with E-state index in [1.165, 1.54) is 24.3 Å². The van der Waals surface area contributed by atoms with Crippen molar-refractivity contribution in [3.8, 4) is 0 Å². The van der Waals surface area contributed by atoms with E-state index in [4.69, 9.17) is 0 Å². The number of carbonyl (C=O) groups is 1. The third-order valence-corrected chi connectivity index (χ3v) is 3.45. The first-order chi connectivity index (χ1) is 7.86. The van der Waals surface area contributed by atoms with E-state index in [0.717, 1.165) is 6.42 Å². The zero-order chi connectivity index (χ0) is 13.1. The second-order valence-electron chi connectivity index (χ2n) is 4.95. The van der Waals surface area contributed by atoms with E-state index in [1.54, 1.807) is 0 Å². The molecule has 0 heterocycles. The number of ketones is 1. The highest BCUT2D eigenvalue weighted by molar-refractivity contribution is 5.97. The van der Waals surface area contributed by atoms with Crippen LogP contribution in [0.4, 0.5) is 4.39 Å². The molecule has 0 saturated heterocycles. The molecule has 0 radical (unpaired) electrons. The minimum Gasteiger partial charge on any atom is -0.294 e. The summed E-state index contributed by atoms with van der Waals surface area (Å²) in [6.07, 6.45) is 0.972. The van der Waals surface area contributed by atoms with E-state index in [1.807, 2.05) is 11.9 Å². The van der Waals surface area contributed by atoms with Crippen molar-refractivity contribution in [2.45, 2.75) is 32.7 Å². The van der Waals surface area contributed by atoms with Crippen molar-refractivity contribution < 1.29 is 9.18 Å². The Balaban J connectivity index is 2.70. The highest BCUT2D eigenvalue weighted by Crippen LogP contribution is 2.16. The van der Waals surface area contributed by atoms with Crippen LogP contribution in [0.1, 0.15) is 37.6 Å². The molecule has 0 fully saturated rings. The average Bonchev–Trinajstić information content (AvgIpc) is 2.29. The first kappa shape index (κ1) is 13.8. The van der Waals surface area contributed by atoms with Gasteiger partial charge in [-0.25, -0.2) is 4.39 Å². The molecule has 2 nitrogen and oxygen atoms in total. The quantitative estimate of drug-likeness (QED) is 0.733. The second kappa shape index (κ2) is 5.41. The lowest BCUT2D eigenvalue weighted by atomic mass is 9.99. The summed E-state index contributed by atoms with van der Waals surface area (Å²) in [6.45, 7) is 6.65. The SMILES string of the molecule is CCC(C)(C)N(C)CC(=O)c1ccc(F)cc1. The normalized spacial score (nSPS) is 11.9. The summed E-state index contributed by atoms with van der Waals surface area (Å²) in [4.78, 5) is 14.0. The molecule has 1 rings (SSSR count). The number of hydrogen-bond acceptors (Lipinski definition) is 2. The molecule has 17 heavy (non-hydrogen) atoms. The van der Waals surface area contributed by atoms with Crippen LogP contribution in [0.5, 0.6) is 0 Å². The summed E-state index contributed by atoms with van der Waals surface area (Å²) in [6, 6.07) is 5.70. The maximum atomic E-state index is 12.7. The Bertz CT molecular complexity index is 384. The van der Waals surface area contributed by atoms with Crippen LogP contribution in [-0.4, -0.2) is 29.8 Å². The van der Waals surface area contributed by atoms with Gasteiger partial charge in [-0.1, -0.05) is 6.92 Å². The van der Waals surface area contributed by atoms with Crippen molar-refractivity contribution in [2.75, 3.05) is 13.6 Å². The Morgan fingerprint density at radius 1 is 1.29 bits per heavy atom. The average molecular weight is 237 g/mol. The van der Waals surface area contributed by atoms with Crippen molar-refractivity contribution in [1.29, 1.82) is 0 Å². The van der Waals surface area contributed by atoms with Crippen LogP contribution in [0.2, 0.25) is 0 Å². The molecule has 0 bridgehead atoms. The minimum absolute atomic E-state index is 0.00428. The van der Waals surface area contributed by atoms with Gasteiger partial charge in [0.05, 0.1) is 6.54 Å². The third kappa shape index (κ3) is 3.63. The predicted octanol–water partition coefficient (Wildman–Crippen LogP) is 3.13. The van der Waals surface area contributed by atoms with Crippen molar-refractivity contribution in [2.24, 2.45) is 0 Å². The molecule has 0 spiro atoms. The molecule has 0 aliphatic carbocycles. The number of rotatable bonds is 5. The Morgan fingerprint density at radius 3 is 2.29 bits per heavy atom. The highest BCUT2D eigenvalue weighted by atomic mass is 19.1. The smallest absolute Gasteiger partial charge is 0.176 e.